The third kappa shape index (κ3) is 4.39. The summed E-state index contributed by atoms with van der Waals surface area (Å²) in [7, 11) is -0.479. The average molecular weight is 462 g/mol. The molecule has 8 heteroatoms. The van der Waals surface area contributed by atoms with Crippen LogP contribution in [0.15, 0.2) is 59.7 Å². The summed E-state index contributed by atoms with van der Waals surface area (Å²) in [5.74, 6) is -0.118. The van der Waals surface area contributed by atoms with Crippen LogP contribution in [0, 0.1) is 0 Å². The average Bonchev–Trinajstić information content (AvgIpc) is 3.49. The molecule has 0 radical (unpaired) electrons. The summed E-state index contributed by atoms with van der Waals surface area (Å²) >= 11 is 0. The Kier molecular flexibility index (Phi) is 5.68. The molecule has 1 aromatic heterocycles. The van der Waals surface area contributed by atoms with Crippen molar-refractivity contribution < 1.29 is 19.4 Å². The number of nitrogens with one attached hydrogen (secondary N) is 1. The fraction of sp³-hybridized carbons (Fsp3) is 0.240. The minimum absolute atomic E-state index is 0.0320. The number of aromatic carboxylic acids is 1. The van der Waals surface area contributed by atoms with E-state index >= 15 is 0 Å². The van der Waals surface area contributed by atoms with E-state index in [0.29, 0.717) is 34.9 Å². The van der Waals surface area contributed by atoms with Gasteiger partial charge in [-0.2, -0.15) is 4.99 Å². The smallest absolute Gasteiger partial charge is 0.341 e. The van der Waals surface area contributed by atoms with E-state index < -0.39 is 16.5 Å². The number of carbonyl (C=O) groups excluding carboxylic acids is 1. The molecule has 0 saturated heterocycles. The predicted molar refractivity (Wildman–Crippen MR) is 131 cm³/mol. The zero-order valence-electron chi connectivity index (χ0n) is 18.0. The molecule has 0 bridgehead atoms. The number of hydrogen-bond acceptors (Lipinski definition) is 5. The number of aliphatic imine (C=N–C) groups is 1. The Balaban J connectivity index is 1.43. The Morgan fingerprint density at radius 3 is 2.85 bits per heavy atom. The Hall–Kier alpha value is -3.52. The third-order valence-corrected chi connectivity index (χ3v) is 7.54. The van der Waals surface area contributed by atoms with E-state index in [4.69, 9.17) is 4.74 Å². The second-order valence-corrected chi connectivity index (χ2v) is 9.79. The van der Waals surface area contributed by atoms with Crippen LogP contribution >= 0.6 is 10.5 Å². The van der Waals surface area contributed by atoms with Crippen LogP contribution in [-0.2, 0) is 4.79 Å². The first-order valence-corrected chi connectivity index (χ1v) is 12.3. The van der Waals surface area contributed by atoms with Gasteiger partial charge in [0.05, 0.1) is 17.9 Å². The van der Waals surface area contributed by atoms with Crippen molar-refractivity contribution in [2.24, 2.45) is 4.99 Å². The molecule has 2 heterocycles. The summed E-state index contributed by atoms with van der Waals surface area (Å²) in [6, 6.07) is 16.3. The lowest BCUT2D eigenvalue weighted by Crippen LogP contribution is -2.24. The number of amides is 1. The number of ether oxygens (including phenoxy) is 1. The maximum Gasteiger partial charge on any atom is 0.341 e. The van der Waals surface area contributed by atoms with E-state index in [1.54, 1.807) is 0 Å². The molecule has 1 aliphatic carbocycles. The number of hydrogen-bond donors (Lipinski definition) is 2. The molecule has 1 aliphatic heterocycles. The van der Waals surface area contributed by atoms with Crippen molar-refractivity contribution in [2.45, 2.75) is 25.3 Å². The topological polar surface area (TPSA) is 101 Å². The highest BCUT2D eigenvalue weighted by Crippen LogP contribution is 2.41. The molecule has 2 aromatic carbocycles. The maximum absolute atomic E-state index is 12.1. The summed E-state index contributed by atoms with van der Waals surface area (Å²) in [5, 5.41) is 16.4. The lowest BCUT2D eigenvalue weighted by Gasteiger charge is -2.12. The molecule has 1 unspecified atom stereocenters. The van der Waals surface area contributed by atoms with Gasteiger partial charge >= 0.3 is 5.97 Å². The summed E-state index contributed by atoms with van der Waals surface area (Å²) in [5.41, 5.74) is 2.85. The fourth-order valence-corrected chi connectivity index (χ4v) is 5.73. The van der Waals surface area contributed by atoms with E-state index in [1.165, 1.54) is 11.8 Å². The van der Waals surface area contributed by atoms with Crippen LogP contribution in [-0.4, -0.2) is 50.9 Å². The molecule has 2 aliphatic rings. The fourth-order valence-electron chi connectivity index (χ4n) is 4.07. The molecule has 0 spiro atoms. The molecule has 7 nitrogen and oxygen atoms in total. The van der Waals surface area contributed by atoms with Gasteiger partial charge in [0.25, 0.3) is 5.91 Å². The highest BCUT2D eigenvalue weighted by atomic mass is 32.2. The number of carbonyl (C=O) groups is 2. The van der Waals surface area contributed by atoms with Gasteiger partial charge < -0.3 is 15.2 Å². The molecule has 3 aromatic rings. The van der Waals surface area contributed by atoms with Gasteiger partial charge in [-0.05, 0) is 42.0 Å². The molecule has 5 rings (SSSR count). The van der Waals surface area contributed by atoms with Gasteiger partial charge in [0.2, 0.25) is 0 Å². The Morgan fingerprint density at radius 1 is 1.27 bits per heavy atom. The second kappa shape index (κ2) is 8.78. The van der Waals surface area contributed by atoms with Crippen molar-refractivity contribution in [2.75, 3.05) is 12.4 Å². The Bertz CT molecular complexity index is 1320. The van der Waals surface area contributed by atoms with Gasteiger partial charge in [-0.15, -0.1) is 10.5 Å². The van der Waals surface area contributed by atoms with E-state index in [-0.39, 0.29) is 17.5 Å². The first-order valence-electron chi connectivity index (χ1n) is 10.8. The van der Waals surface area contributed by atoms with Crippen molar-refractivity contribution in [3.05, 3.63) is 71.4 Å². The lowest BCUT2D eigenvalue weighted by molar-refractivity contribution is -0.115. The third-order valence-electron chi connectivity index (χ3n) is 5.72. The van der Waals surface area contributed by atoms with E-state index in [0.717, 1.165) is 17.2 Å². The number of aromatic nitrogens is 1. The number of carboxylic acids is 1. The van der Waals surface area contributed by atoms with Crippen molar-refractivity contribution in [3.63, 3.8) is 0 Å². The zero-order chi connectivity index (χ0) is 22.9. The number of nitrogens with zero attached hydrogens (tertiary/aromatic N) is 2. The number of benzene rings is 2. The predicted octanol–water partition coefficient (Wildman–Crippen LogP) is 3.79. The standard InChI is InChI=1S/C25H23N3O4S/c1-2-32-23-18-10-15(8-9-20(18)26-12-19(23)24(30)31)13-33-14-22(29)28-25(33)27-21-11-17(21)16-6-4-3-5-7-16/h3-10,12-13,17,21H,2,11,14H2,1H3,(H,30,31)(H,27,28,29)/t17-,21+,33?/m0/s1. The summed E-state index contributed by atoms with van der Waals surface area (Å²) < 4.78 is 5.67. The monoisotopic (exact) mass is 461 g/mol. The van der Waals surface area contributed by atoms with Crippen LogP contribution in [0.1, 0.15) is 40.7 Å². The highest BCUT2D eigenvalue weighted by molar-refractivity contribution is 8.28. The molecule has 33 heavy (non-hydrogen) atoms. The number of pyridine rings is 1. The largest absolute Gasteiger partial charge is 0.492 e. The van der Waals surface area contributed by atoms with Gasteiger partial charge in [0.15, 0.2) is 5.17 Å². The van der Waals surface area contributed by atoms with Crippen LogP contribution in [0.4, 0.5) is 0 Å². The van der Waals surface area contributed by atoms with Crippen LogP contribution in [0.2, 0.25) is 0 Å². The number of carboxylic acid groups (broad SMARTS) is 1. The van der Waals surface area contributed by atoms with E-state index in [9.17, 15) is 14.7 Å². The first kappa shape index (κ1) is 21.3. The van der Waals surface area contributed by atoms with E-state index in [1.807, 2.05) is 48.7 Å². The maximum atomic E-state index is 12.1. The number of amidine groups is 1. The quantitative estimate of drug-likeness (QED) is 0.542. The van der Waals surface area contributed by atoms with E-state index in [2.05, 4.69) is 27.4 Å². The highest BCUT2D eigenvalue weighted by Gasteiger charge is 2.40. The van der Waals surface area contributed by atoms with Crippen LogP contribution in [0.25, 0.3) is 10.9 Å². The van der Waals surface area contributed by atoms with Crippen LogP contribution < -0.4 is 10.1 Å². The summed E-state index contributed by atoms with van der Waals surface area (Å²) in [4.78, 5) is 32.3. The number of rotatable bonds is 6. The number of fused-ring (bicyclic) bond motifs is 1. The van der Waals surface area contributed by atoms with Gasteiger partial charge in [-0.1, -0.05) is 36.4 Å². The molecule has 2 N–H and O–H groups in total. The van der Waals surface area contributed by atoms with Gasteiger partial charge in [-0.25, -0.2) is 4.79 Å². The van der Waals surface area contributed by atoms with Gasteiger partial charge in [0, 0.05) is 23.5 Å². The van der Waals surface area contributed by atoms with Crippen molar-refractivity contribution in [1.29, 1.82) is 0 Å². The minimum atomic E-state index is -1.08. The molecular weight excluding hydrogens is 438 g/mol. The normalized spacial score (nSPS) is 21.8. The molecule has 1 fully saturated rings. The minimum Gasteiger partial charge on any atom is -0.492 e. The molecule has 168 valence electrons. The van der Waals surface area contributed by atoms with Gasteiger partial charge in [0.1, 0.15) is 11.3 Å². The van der Waals surface area contributed by atoms with Crippen molar-refractivity contribution in [3.8, 4) is 5.75 Å². The zero-order valence-corrected chi connectivity index (χ0v) is 18.8. The molecule has 1 amide bonds. The lowest BCUT2D eigenvalue weighted by atomic mass is 10.1. The summed E-state index contributed by atoms with van der Waals surface area (Å²) in [6.45, 7) is 2.16. The molecule has 1 saturated carbocycles. The van der Waals surface area contributed by atoms with Crippen LogP contribution in [0.3, 0.4) is 0 Å². The Labute approximate surface area is 193 Å². The van der Waals surface area contributed by atoms with Gasteiger partial charge in [-0.3, -0.25) is 9.78 Å². The van der Waals surface area contributed by atoms with Crippen molar-refractivity contribution in [1.82, 2.24) is 10.3 Å². The Morgan fingerprint density at radius 2 is 2.09 bits per heavy atom. The molecular formula is C25H23N3O4S. The second-order valence-electron chi connectivity index (χ2n) is 8.02. The summed E-state index contributed by atoms with van der Waals surface area (Å²) in [6.07, 6.45) is 2.34. The van der Waals surface area contributed by atoms with Crippen LogP contribution in [0.5, 0.6) is 5.75 Å². The SMILES string of the molecule is CCOc1c(C(=O)O)cnc2ccc(/C=S3/CC(=O)N=C3N[C@@H]3C[C@H]3c3ccccc3)cc12. The first-order chi connectivity index (χ1) is 16.0. The molecule has 3 atom stereocenters. The van der Waals surface area contributed by atoms with Crippen molar-refractivity contribution >= 4 is 43.8 Å².